The minimum Gasteiger partial charge on any atom is -0.363 e. The van der Waals surface area contributed by atoms with Crippen molar-refractivity contribution in [3.05, 3.63) is 107 Å². The molecule has 1 heterocycles. The maximum absolute atomic E-state index is 12.9. The van der Waals surface area contributed by atoms with Gasteiger partial charge in [0, 0.05) is 16.5 Å². The topological polar surface area (TPSA) is 42.0 Å². The van der Waals surface area contributed by atoms with E-state index in [-0.39, 0.29) is 11.8 Å². The molecule has 0 amide bonds. The fourth-order valence-electron chi connectivity index (χ4n) is 4.06. The van der Waals surface area contributed by atoms with Gasteiger partial charge in [-0.3, -0.25) is 4.79 Å². The number of aryl methyl sites for hydroxylation is 1. The van der Waals surface area contributed by atoms with Gasteiger partial charge in [0.1, 0.15) is 5.82 Å². The van der Waals surface area contributed by atoms with Gasteiger partial charge in [-0.15, -0.1) is 0 Å². The molecule has 1 N–H and O–H groups in total. The van der Waals surface area contributed by atoms with Crippen LogP contribution in [0.25, 0.3) is 10.9 Å². The second-order valence-electron chi connectivity index (χ2n) is 7.20. The number of rotatable bonds is 4. The molecule has 1 atom stereocenters. The van der Waals surface area contributed by atoms with Gasteiger partial charge < -0.3 is 5.32 Å². The molecule has 1 aliphatic carbocycles. The van der Waals surface area contributed by atoms with Gasteiger partial charge in [0.25, 0.3) is 0 Å². The van der Waals surface area contributed by atoms with Crippen LogP contribution in [0.5, 0.6) is 0 Å². The summed E-state index contributed by atoms with van der Waals surface area (Å²) in [6.45, 7) is 0. The molecule has 0 radical (unpaired) electrons. The molecule has 0 unspecified atom stereocenters. The molecule has 0 saturated heterocycles. The summed E-state index contributed by atoms with van der Waals surface area (Å²) in [6, 6.07) is 28.0. The zero-order chi connectivity index (χ0) is 18.9. The van der Waals surface area contributed by atoms with Crippen molar-refractivity contribution in [2.24, 2.45) is 0 Å². The highest BCUT2D eigenvalue weighted by atomic mass is 16.1. The third-order valence-electron chi connectivity index (χ3n) is 5.47. The third kappa shape index (κ3) is 2.95. The highest BCUT2D eigenvalue weighted by Crippen LogP contribution is 2.33. The maximum atomic E-state index is 12.9. The van der Waals surface area contributed by atoms with Gasteiger partial charge in [-0.2, -0.15) is 0 Å². The summed E-state index contributed by atoms with van der Waals surface area (Å²) in [6.07, 6.45) is 2.17. The fraction of sp³-hybridized carbons (Fsp3) is 0.120. The van der Waals surface area contributed by atoms with Crippen LogP contribution in [-0.2, 0) is 6.42 Å². The normalized spacial score (nSPS) is 15.4. The lowest BCUT2D eigenvalue weighted by Crippen LogP contribution is -2.08. The average Bonchev–Trinajstić information content (AvgIpc) is 3.16. The lowest BCUT2D eigenvalue weighted by Gasteiger charge is -2.15. The Balaban J connectivity index is 1.47. The molecule has 0 fully saturated rings. The SMILES string of the molecule is O=C(c1ccccc1)c1cccc2nc(N[C@@H]3CCc4ccccc43)ccc12. The molecule has 1 aliphatic rings. The third-order valence-corrected chi connectivity index (χ3v) is 5.47. The Morgan fingerprint density at radius 1 is 0.857 bits per heavy atom. The minimum atomic E-state index is 0.0263. The first-order valence-corrected chi connectivity index (χ1v) is 9.63. The van der Waals surface area contributed by atoms with Crippen LogP contribution in [0.1, 0.15) is 39.5 Å². The van der Waals surface area contributed by atoms with Crippen LogP contribution in [0, 0.1) is 0 Å². The first-order chi connectivity index (χ1) is 13.8. The number of pyridine rings is 1. The molecule has 5 rings (SSSR count). The molecule has 0 aliphatic heterocycles. The van der Waals surface area contributed by atoms with E-state index in [0.717, 1.165) is 29.6 Å². The molecule has 0 spiro atoms. The molecule has 0 bridgehead atoms. The number of aromatic nitrogens is 1. The number of nitrogens with one attached hydrogen (secondary N) is 1. The van der Waals surface area contributed by atoms with Crippen LogP contribution in [0.3, 0.4) is 0 Å². The van der Waals surface area contributed by atoms with Gasteiger partial charge in [-0.25, -0.2) is 4.98 Å². The molecular weight excluding hydrogens is 344 g/mol. The number of carbonyl (C=O) groups is 1. The van der Waals surface area contributed by atoms with E-state index in [0.29, 0.717) is 11.1 Å². The smallest absolute Gasteiger partial charge is 0.193 e. The number of anilines is 1. The molecular formula is C25H20N2O. The van der Waals surface area contributed by atoms with Crippen LogP contribution >= 0.6 is 0 Å². The van der Waals surface area contributed by atoms with E-state index in [2.05, 4.69) is 29.6 Å². The molecule has 136 valence electrons. The van der Waals surface area contributed by atoms with Gasteiger partial charge >= 0.3 is 0 Å². The summed E-state index contributed by atoms with van der Waals surface area (Å²) in [5, 5.41) is 4.46. The Labute approximate surface area is 164 Å². The van der Waals surface area contributed by atoms with E-state index in [9.17, 15) is 4.79 Å². The van der Waals surface area contributed by atoms with E-state index in [1.165, 1.54) is 11.1 Å². The minimum absolute atomic E-state index is 0.0263. The summed E-state index contributed by atoms with van der Waals surface area (Å²) in [5.41, 5.74) is 4.99. The van der Waals surface area contributed by atoms with Crippen molar-refractivity contribution < 1.29 is 4.79 Å². The molecule has 3 aromatic carbocycles. The van der Waals surface area contributed by atoms with Crippen LogP contribution in [0.4, 0.5) is 5.82 Å². The number of ketones is 1. The largest absolute Gasteiger partial charge is 0.363 e. The summed E-state index contributed by atoms with van der Waals surface area (Å²) >= 11 is 0. The van der Waals surface area contributed by atoms with Crippen molar-refractivity contribution in [2.45, 2.75) is 18.9 Å². The predicted molar refractivity (Wildman–Crippen MR) is 113 cm³/mol. The van der Waals surface area contributed by atoms with Gasteiger partial charge in [0.05, 0.1) is 11.6 Å². The number of fused-ring (bicyclic) bond motifs is 2. The second-order valence-corrected chi connectivity index (χ2v) is 7.20. The highest BCUT2D eigenvalue weighted by Gasteiger charge is 2.22. The van der Waals surface area contributed by atoms with Crippen molar-refractivity contribution in [3.63, 3.8) is 0 Å². The van der Waals surface area contributed by atoms with E-state index < -0.39 is 0 Å². The van der Waals surface area contributed by atoms with Gasteiger partial charge in [-0.05, 0) is 42.2 Å². The van der Waals surface area contributed by atoms with Gasteiger partial charge in [0.15, 0.2) is 5.78 Å². The monoisotopic (exact) mass is 364 g/mol. The lowest BCUT2D eigenvalue weighted by molar-refractivity contribution is 0.104. The predicted octanol–water partition coefficient (Wildman–Crippen LogP) is 5.57. The molecule has 3 nitrogen and oxygen atoms in total. The maximum Gasteiger partial charge on any atom is 0.193 e. The summed E-state index contributed by atoms with van der Waals surface area (Å²) in [7, 11) is 0. The summed E-state index contributed by atoms with van der Waals surface area (Å²) < 4.78 is 0. The van der Waals surface area contributed by atoms with Gasteiger partial charge in [0.2, 0.25) is 0 Å². The van der Waals surface area contributed by atoms with Crippen molar-refractivity contribution in [2.75, 3.05) is 5.32 Å². The first-order valence-electron chi connectivity index (χ1n) is 9.63. The number of benzene rings is 3. The molecule has 4 aromatic rings. The van der Waals surface area contributed by atoms with Crippen molar-refractivity contribution in [1.82, 2.24) is 4.98 Å². The Kier molecular flexibility index (Phi) is 4.13. The Morgan fingerprint density at radius 3 is 2.57 bits per heavy atom. The van der Waals surface area contributed by atoms with Crippen molar-refractivity contribution in [3.8, 4) is 0 Å². The van der Waals surface area contributed by atoms with Gasteiger partial charge in [-0.1, -0.05) is 66.7 Å². The van der Waals surface area contributed by atoms with Crippen LogP contribution in [0.2, 0.25) is 0 Å². The number of carbonyl (C=O) groups excluding carboxylic acids is 1. The molecule has 0 saturated carbocycles. The van der Waals surface area contributed by atoms with E-state index in [1.54, 1.807) is 0 Å². The Bertz CT molecular complexity index is 1170. The number of hydrogen-bond donors (Lipinski definition) is 1. The molecule has 28 heavy (non-hydrogen) atoms. The zero-order valence-corrected chi connectivity index (χ0v) is 15.4. The highest BCUT2D eigenvalue weighted by molar-refractivity contribution is 6.16. The zero-order valence-electron chi connectivity index (χ0n) is 15.4. The number of nitrogens with zero attached hydrogens (tertiary/aromatic N) is 1. The number of hydrogen-bond acceptors (Lipinski definition) is 3. The molecule has 1 aromatic heterocycles. The van der Waals surface area contributed by atoms with E-state index in [4.69, 9.17) is 4.98 Å². The average molecular weight is 364 g/mol. The van der Waals surface area contributed by atoms with Crippen LogP contribution < -0.4 is 5.32 Å². The molecule has 3 heteroatoms. The van der Waals surface area contributed by atoms with Crippen LogP contribution in [-0.4, -0.2) is 10.8 Å². The van der Waals surface area contributed by atoms with E-state index in [1.807, 2.05) is 60.7 Å². The first kappa shape index (κ1) is 16.7. The lowest BCUT2D eigenvalue weighted by atomic mass is 9.99. The van der Waals surface area contributed by atoms with Crippen LogP contribution in [0.15, 0.2) is 84.9 Å². The van der Waals surface area contributed by atoms with Crippen molar-refractivity contribution >= 4 is 22.5 Å². The van der Waals surface area contributed by atoms with Crippen molar-refractivity contribution in [1.29, 1.82) is 0 Å². The fourth-order valence-corrected chi connectivity index (χ4v) is 4.06. The Morgan fingerprint density at radius 2 is 1.68 bits per heavy atom. The standard InChI is InChI=1S/C25H20N2O/c28-25(18-8-2-1-3-9-18)21-11-6-12-22-20(21)14-16-24(26-22)27-23-15-13-17-7-4-5-10-19(17)23/h1-12,14,16,23H,13,15H2,(H,26,27)/t23-/m1/s1. The quantitative estimate of drug-likeness (QED) is 0.482. The summed E-state index contributed by atoms with van der Waals surface area (Å²) in [4.78, 5) is 17.7. The summed E-state index contributed by atoms with van der Waals surface area (Å²) in [5.74, 6) is 0.872. The van der Waals surface area contributed by atoms with E-state index >= 15 is 0 Å². The second kappa shape index (κ2) is 6.93. The Hall–Kier alpha value is -3.46.